The Morgan fingerprint density at radius 1 is 0.923 bits per heavy atom. The minimum atomic E-state index is -0.0209. The van der Waals surface area contributed by atoms with Gasteiger partial charge < -0.3 is 14.8 Å². The summed E-state index contributed by atoms with van der Waals surface area (Å²) in [7, 11) is 0. The Balaban J connectivity index is 1.31. The molecule has 0 spiro atoms. The van der Waals surface area contributed by atoms with Crippen LogP contribution in [0.2, 0.25) is 0 Å². The first-order chi connectivity index (χ1) is 12.8. The number of hydrogen-bond donors (Lipinski definition) is 1. The smallest absolute Gasteiger partial charge is 0.234 e. The molecule has 3 aromatic carbocycles. The summed E-state index contributed by atoms with van der Waals surface area (Å²) in [6.45, 7) is 1.09. The second-order valence-corrected chi connectivity index (χ2v) is 7.07. The van der Waals surface area contributed by atoms with Crippen LogP contribution in [0.1, 0.15) is 5.56 Å². The molecule has 1 aliphatic rings. The van der Waals surface area contributed by atoms with E-state index in [9.17, 15) is 4.79 Å². The molecule has 132 valence electrons. The molecule has 1 N–H and O–H groups in total. The Labute approximate surface area is 156 Å². The van der Waals surface area contributed by atoms with Gasteiger partial charge in [-0.15, -0.1) is 11.8 Å². The molecular weight excluding hydrogens is 346 g/mol. The van der Waals surface area contributed by atoms with Crippen molar-refractivity contribution in [3.8, 4) is 11.5 Å². The molecule has 26 heavy (non-hydrogen) atoms. The molecule has 0 saturated carbocycles. The van der Waals surface area contributed by atoms with Crippen LogP contribution in [-0.2, 0) is 10.5 Å². The number of nitrogens with one attached hydrogen (secondary N) is 1. The van der Waals surface area contributed by atoms with Gasteiger partial charge in [-0.05, 0) is 28.5 Å². The molecule has 0 aromatic heterocycles. The summed E-state index contributed by atoms with van der Waals surface area (Å²) < 4.78 is 11.0. The molecule has 4 rings (SSSR count). The third-order valence-corrected chi connectivity index (χ3v) is 5.15. The number of anilines is 1. The highest BCUT2D eigenvalue weighted by Gasteiger charge is 2.12. The van der Waals surface area contributed by atoms with Crippen LogP contribution in [0.25, 0.3) is 10.8 Å². The molecule has 0 radical (unpaired) electrons. The van der Waals surface area contributed by atoms with Gasteiger partial charge in [0.15, 0.2) is 11.5 Å². The van der Waals surface area contributed by atoms with Crippen molar-refractivity contribution in [2.24, 2.45) is 0 Å². The maximum atomic E-state index is 12.2. The number of carbonyl (C=O) groups is 1. The monoisotopic (exact) mass is 365 g/mol. The molecule has 4 nitrogen and oxygen atoms in total. The summed E-state index contributed by atoms with van der Waals surface area (Å²) >= 11 is 1.60. The molecule has 5 heteroatoms. The minimum absolute atomic E-state index is 0.0209. The summed E-state index contributed by atoms with van der Waals surface area (Å²) in [5.74, 6) is 2.59. The number of carbonyl (C=O) groups excluding carboxylic acids is 1. The van der Waals surface area contributed by atoms with Crippen LogP contribution in [0.3, 0.4) is 0 Å². The van der Waals surface area contributed by atoms with Crippen molar-refractivity contribution in [3.05, 3.63) is 66.2 Å². The average Bonchev–Trinajstić information content (AvgIpc) is 2.68. The van der Waals surface area contributed by atoms with Crippen molar-refractivity contribution < 1.29 is 14.3 Å². The highest BCUT2D eigenvalue weighted by molar-refractivity contribution is 7.99. The fourth-order valence-corrected chi connectivity index (χ4v) is 3.68. The van der Waals surface area contributed by atoms with Gasteiger partial charge in [0.1, 0.15) is 13.2 Å². The van der Waals surface area contributed by atoms with Crippen LogP contribution in [0.5, 0.6) is 11.5 Å². The summed E-state index contributed by atoms with van der Waals surface area (Å²) in [6.07, 6.45) is 0. The zero-order valence-electron chi connectivity index (χ0n) is 14.2. The van der Waals surface area contributed by atoms with E-state index >= 15 is 0 Å². The number of rotatable bonds is 5. The molecule has 1 heterocycles. The maximum absolute atomic E-state index is 12.2. The standard InChI is InChI=1S/C21H19NO3S/c23-21(22-18-7-8-19-20(12-18)25-10-9-24-19)14-26-13-15-5-6-16-3-1-2-4-17(16)11-15/h1-8,11-12H,9-10,13-14H2,(H,22,23). The Morgan fingerprint density at radius 2 is 1.73 bits per heavy atom. The molecule has 1 aliphatic heterocycles. The van der Waals surface area contributed by atoms with Crippen molar-refractivity contribution >= 4 is 34.1 Å². The molecule has 0 fully saturated rings. The highest BCUT2D eigenvalue weighted by Crippen LogP contribution is 2.32. The van der Waals surface area contributed by atoms with Gasteiger partial charge in [-0.3, -0.25) is 4.79 Å². The SMILES string of the molecule is O=C(CSCc1ccc2ccccc2c1)Nc1ccc2c(c1)OCCO2. The van der Waals surface area contributed by atoms with E-state index in [1.54, 1.807) is 17.8 Å². The van der Waals surface area contributed by atoms with Gasteiger partial charge in [-0.25, -0.2) is 0 Å². The van der Waals surface area contributed by atoms with Gasteiger partial charge >= 0.3 is 0 Å². The first kappa shape index (κ1) is 16.8. The lowest BCUT2D eigenvalue weighted by Crippen LogP contribution is -2.17. The van der Waals surface area contributed by atoms with Crippen LogP contribution in [-0.4, -0.2) is 24.9 Å². The predicted octanol–water partition coefficient (Wildman–Crippen LogP) is 4.48. The lowest BCUT2D eigenvalue weighted by atomic mass is 10.1. The minimum Gasteiger partial charge on any atom is -0.486 e. The van der Waals surface area contributed by atoms with E-state index in [0.29, 0.717) is 24.7 Å². The van der Waals surface area contributed by atoms with E-state index in [0.717, 1.165) is 17.2 Å². The molecule has 3 aromatic rings. The lowest BCUT2D eigenvalue weighted by Gasteiger charge is -2.19. The molecule has 0 saturated heterocycles. The Kier molecular flexibility index (Phi) is 4.97. The third kappa shape index (κ3) is 3.94. The average molecular weight is 365 g/mol. The topological polar surface area (TPSA) is 47.6 Å². The number of fused-ring (bicyclic) bond motifs is 2. The van der Waals surface area contributed by atoms with Gasteiger partial charge in [-0.1, -0.05) is 42.5 Å². The first-order valence-electron chi connectivity index (χ1n) is 8.53. The molecule has 0 unspecified atom stereocenters. The van der Waals surface area contributed by atoms with Gasteiger partial charge in [0.25, 0.3) is 0 Å². The Bertz CT molecular complexity index is 941. The zero-order valence-corrected chi connectivity index (χ0v) is 15.1. The number of hydrogen-bond acceptors (Lipinski definition) is 4. The van der Waals surface area contributed by atoms with Crippen LogP contribution in [0.4, 0.5) is 5.69 Å². The van der Waals surface area contributed by atoms with E-state index in [1.807, 2.05) is 24.3 Å². The van der Waals surface area contributed by atoms with E-state index in [4.69, 9.17) is 9.47 Å². The van der Waals surface area contributed by atoms with Crippen LogP contribution in [0, 0.1) is 0 Å². The van der Waals surface area contributed by atoms with Gasteiger partial charge in [0.2, 0.25) is 5.91 Å². The van der Waals surface area contributed by atoms with Gasteiger partial charge in [-0.2, -0.15) is 0 Å². The van der Waals surface area contributed by atoms with Crippen LogP contribution < -0.4 is 14.8 Å². The summed E-state index contributed by atoms with van der Waals surface area (Å²) in [4.78, 5) is 12.2. The maximum Gasteiger partial charge on any atom is 0.234 e. The molecule has 0 atom stereocenters. The van der Waals surface area contributed by atoms with E-state index in [-0.39, 0.29) is 5.91 Å². The second-order valence-electron chi connectivity index (χ2n) is 6.08. The summed E-state index contributed by atoms with van der Waals surface area (Å²) in [5.41, 5.74) is 1.95. The lowest BCUT2D eigenvalue weighted by molar-refractivity contribution is -0.113. The van der Waals surface area contributed by atoms with Crippen molar-refractivity contribution in [1.29, 1.82) is 0 Å². The molecular formula is C21H19NO3S. The van der Waals surface area contributed by atoms with Crippen LogP contribution in [0.15, 0.2) is 60.7 Å². The Morgan fingerprint density at radius 3 is 2.62 bits per heavy atom. The molecule has 0 bridgehead atoms. The van der Waals surface area contributed by atoms with Crippen molar-refractivity contribution in [3.63, 3.8) is 0 Å². The number of thioether (sulfide) groups is 1. The number of ether oxygens (including phenoxy) is 2. The van der Waals surface area contributed by atoms with Gasteiger partial charge in [0, 0.05) is 17.5 Å². The highest BCUT2D eigenvalue weighted by atomic mass is 32.2. The zero-order chi connectivity index (χ0) is 17.8. The van der Waals surface area contributed by atoms with E-state index in [2.05, 4.69) is 35.6 Å². The third-order valence-electron chi connectivity index (χ3n) is 4.14. The second kappa shape index (κ2) is 7.70. The van der Waals surface area contributed by atoms with Crippen LogP contribution >= 0.6 is 11.8 Å². The Hall–Kier alpha value is -2.66. The fraction of sp³-hybridized carbons (Fsp3) is 0.190. The van der Waals surface area contributed by atoms with Crippen molar-refractivity contribution in [2.75, 3.05) is 24.3 Å². The first-order valence-corrected chi connectivity index (χ1v) is 9.68. The number of benzene rings is 3. The van der Waals surface area contributed by atoms with Crippen molar-refractivity contribution in [2.45, 2.75) is 5.75 Å². The van der Waals surface area contributed by atoms with E-state index in [1.165, 1.54) is 16.3 Å². The summed E-state index contributed by atoms with van der Waals surface area (Å²) in [6, 6.07) is 20.2. The van der Waals surface area contributed by atoms with E-state index < -0.39 is 0 Å². The predicted molar refractivity (Wildman–Crippen MR) is 106 cm³/mol. The molecule has 0 aliphatic carbocycles. The number of amides is 1. The van der Waals surface area contributed by atoms with Crippen molar-refractivity contribution in [1.82, 2.24) is 0 Å². The normalized spacial score (nSPS) is 12.8. The fourth-order valence-electron chi connectivity index (χ4n) is 2.91. The van der Waals surface area contributed by atoms with Gasteiger partial charge in [0.05, 0.1) is 5.75 Å². The largest absolute Gasteiger partial charge is 0.486 e. The molecule has 1 amide bonds. The summed E-state index contributed by atoms with van der Waals surface area (Å²) in [5, 5.41) is 5.37. The quantitative estimate of drug-likeness (QED) is 0.724.